The molecule has 0 spiro atoms. The fourth-order valence-electron chi connectivity index (χ4n) is 2.38. The van der Waals surface area contributed by atoms with Crippen LogP contribution in [0.1, 0.15) is 11.3 Å². The van der Waals surface area contributed by atoms with Crippen LogP contribution in [0.3, 0.4) is 0 Å². The molecule has 0 N–H and O–H groups in total. The van der Waals surface area contributed by atoms with E-state index in [0.29, 0.717) is 24.6 Å². The Balaban J connectivity index is 1.74. The summed E-state index contributed by atoms with van der Waals surface area (Å²) >= 11 is 0. The minimum absolute atomic E-state index is 0.324. The van der Waals surface area contributed by atoms with Gasteiger partial charge in [-0.1, -0.05) is 30.3 Å². The highest BCUT2D eigenvalue weighted by molar-refractivity contribution is 5.70. The van der Waals surface area contributed by atoms with Crippen LogP contribution >= 0.6 is 0 Å². The first-order valence-corrected chi connectivity index (χ1v) is 7.92. The minimum Gasteiger partial charge on any atom is -0.497 e. The molecule has 3 aromatic rings. The molecule has 0 aliphatic rings. The highest BCUT2D eigenvalue weighted by atomic mass is 16.6. The number of amides is 1. The highest BCUT2D eigenvalue weighted by Crippen LogP contribution is 2.17. The largest absolute Gasteiger partial charge is 0.497 e. The van der Waals surface area contributed by atoms with Crippen LogP contribution in [0.5, 0.6) is 11.5 Å². The second kappa shape index (κ2) is 8.06. The molecule has 5 nitrogen and oxygen atoms in total. The zero-order valence-electron chi connectivity index (χ0n) is 13.9. The van der Waals surface area contributed by atoms with Crippen molar-refractivity contribution in [2.75, 3.05) is 7.11 Å². The van der Waals surface area contributed by atoms with Gasteiger partial charge in [0, 0.05) is 6.54 Å². The van der Waals surface area contributed by atoms with E-state index in [1.807, 2.05) is 48.5 Å². The number of ether oxygens (including phenoxy) is 2. The van der Waals surface area contributed by atoms with E-state index in [4.69, 9.17) is 13.9 Å². The van der Waals surface area contributed by atoms with Gasteiger partial charge in [0.2, 0.25) is 0 Å². The van der Waals surface area contributed by atoms with Crippen LogP contribution in [0, 0.1) is 0 Å². The van der Waals surface area contributed by atoms with E-state index in [-0.39, 0.29) is 0 Å². The van der Waals surface area contributed by atoms with Gasteiger partial charge in [-0.25, -0.2) is 4.79 Å². The molecule has 0 unspecified atom stereocenters. The van der Waals surface area contributed by atoms with Gasteiger partial charge in [0.15, 0.2) is 0 Å². The Morgan fingerprint density at radius 2 is 1.68 bits per heavy atom. The summed E-state index contributed by atoms with van der Waals surface area (Å²) in [4.78, 5) is 14.2. The second-order valence-corrected chi connectivity index (χ2v) is 5.46. The number of hydrogen-bond acceptors (Lipinski definition) is 4. The van der Waals surface area contributed by atoms with Gasteiger partial charge in [-0.2, -0.15) is 0 Å². The summed E-state index contributed by atoms with van der Waals surface area (Å²) in [5.41, 5.74) is 0.970. The normalized spacial score (nSPS) is 10.3. The van der Waals surface area contributed by atoms with Crippen molar-refractivity contribution in [2.45, 2.75) is 13.1 Å². The summed E-state index contributed by atoms with van der Waals surface area (Å²) in [5, 5.41) is 0. The quantitative estimate of drug-likeness (QED) is 0.665. The number of carbonyl (C=O) groups is 1. The number of furan rings is 1. The summed E-state index contributed by atoms with van der Waals surface area (Å²) in [6.07, 6.45) is 1.15. The molecule has 0 fully saturated rings. The molecule has 5 heteroatoms. The van der Waals surface area contributed by atoms with Crippen molar-refractivity contribution >= 4 is 6.09 Å². The minimum atomic E-state index is -0.432. The molecule has 1 heterocycles. The summed E-state index contributed by atoms with van der Waals surface area (Å²) in [5.74, 6) is 1.97. The highest BCUT2D eigenvalue weighted by Gasteiger charge is 2.18. The Bertz CT molecular complexity index is 782. The van der Waals surface area contributed by atoms with E-state index in [0.717, 1.165) is 11.3 Å². The van der Waals surface area contributed by atoms with Gasteiger partial charge >= 0.3 is 6.09 Å². The second-order valence-electron chi connectivity index (χ2n) is 5.46. The Labute approximate surface area is 146 Å². The predicted molar refractivity (Wildman–Crippen MR) is 93.4 cm³/mol. The molecule has 1 aromatic heterocycles. The van der Waals surface area contributed by atoms with Gasteiger partial charge in [0.25, 0.3) is 0 Å². The van der Waals surface area contributed by atoms with Crippen LogP contribution in [-0.4, -0.2) is 18.1 Å². The summed E-state index contributed by atoms with van der Waals surface area (Å²) < 4.78 is 16.0. The summed E-state index contributed by atoms with van der Waals surface area (Å²) in [6, 6.07) is 20.2. The van der Waals surface area contributed by atoms with Gasteiger partial charge < -0.3 is 13.9 Å². The lowest BCUT2D eigenvalue weighted by Crippen LogP contribution is -2.32. The molecule has 2 aromatic carbocycles. The molecule has 0 bridgehead atoms. The van der Waals surface area contributed by atoms with Crippen molar-refractivity contribution in [1.82, 2.24) is 4.90 Å². The summed E-state index contributed by atoms with van der Waals surface area (Å²) in [6.45, 7) is 0.723. The van der Waals surface area contributed by atoms with Crippen LogP contribution in [0.15, 0.2) is 77.4 Å². The Kier molecular flexibility index (Phi) is 5.36. The average molecular weight is 337 g/mol. The molecule has 0 atom stereocenters. The Morgan fingerprint density at radius 3 is 2.32 bits per heavy atom. The predicted octanol–water partition coefficient (Wildman–Crippen LogP) is 4.49. The first-order valence-electron chi connectivity index (χ1n) is 7.92. The SMILES string of the molecule is COc1ccc(CN(Cc2ccco2)C(=O)Oc2ccccc2)cc1. The van der Waals surface area contributed by atoms with Crippen LogP contribution in [-0.2, 0) is 13.1 Å². The van der Waals surface area contributed by atoms with E-state index in [2.05, 4.69) is 0 Å². The third-order valence-corrected chi connectivity index (χ3v) is 3.67. The molecule has 0 saturated carbocycles. The van der Waals surface area contributed by atoms with Crippen LogP contribution in [0.2, 0.25) is 0 Å². The maximum Gasteiger partial charge on any atom is 0.415 e. The zero-order valence-corrected chi connectivity index (χ0v) is 13.9. The number of rotatable bonds is 6. The number of nitrogens with zero attached hydrogens (tertiary/aromatic N) is 1. The molecule has 0 saturated heterocycles. The van der Waals surface area contributed by atoms with Crippen molar-refractivity contribution < 1.29 is 18.7 Å². The number of benzene rings is 2. The molecule has 1 amide bonds. The molecule has 0 aliphatic carbocycles. The maximum atomic E-state index is 12.6. The van der Waals surface area contributed by atoms with Crippen molar-refractivity contribution in [3.63, 3.8) is 0 Å². The van der Waals surface area contributed by atoms with E-state index in [9.17, 15) is 4.79 Å². The topological polar surface area (TPSA) is 51.9 Å². The third-order valence-electron chi connectivity index (χ3n) is 3.67. The fourth-order valence-corrected chi connectivity index (χ4v) is 2.38. The molecule has 25 heavy (non-hydrogen) atoms. The first-order chi connectivity index (χ1) is 12.2. The number of hydrogen-bond donors (Lipinski definition) is 0. The van der Waals surface area contributed by atoms with Crippen molar-refractivity contribution in [3.05, 3.63) is 84.3 Å². The molecular weight excluding hydrogens is 318 g/mol. The lowest BCUT2D eigenvalue weighted by Gasteiger charge is -2.21. The van der Waals surface area contributed by atoms with Gasteiger partial charge in [0.1, 0.15) is 17.3 Å². The van der Waals surface area contributed by atoms with Crippen molar-refractivity contribution in [1.29, 1.82) is 0 Å². The lowest BCUT2D eigenvalue weighted by molar-refractivity contribution is 0.142. The van der Waals surface area contributed by atoms with Crippen LogP contribution in [0.25, 0.3) is 0 Å². The van der Waals surface area contributed by atoms with E-state index < -0.39 is 6.09 Å². The van der Waals surface area contributed by atoms with E-state index in [1.165, 1.54) is 0 Å². The molecule has 0 radical (unpaired) electrons. The standard InChI is InChI=1S/C20H19NO4/c1-23-17-11-9-16(10-12-17)14-21(15-19-8-5-13-24-19)20(22)25-18-6-3-2-4-7-18/h2-13H,14-15H2,1H3. The van der Waals surface area contributed by atoms with Gasteiger partial charge in [-0.3, -0.25) is 4.90 Å². The van der Waals surface area contributed by atoms with E-state index >= 15 is 0 Å². The molecular formula is C20H19NO4. The molecule has 0 aliphatic heterocycles. The van der Waals surface area contributed by atoms with Crippen molar-refractivity contribution in [3.8, 4) is 11.5 Å². The Morgan fingerprint density at radius 1 is 0.920 bits per heavy atom. The van der Waals surface area contributed by atoms with Crippen LogP contribution in [0.4, 0.5) is 4.79 Å². The average Bonchev–Trinajstić information content (AvgIpc) is 3.16. The fraction of sp³-hybridized carbons (Fsp3) is 0.150. The zero-order chi connectivity index (χ0) is 17.5. The van der Waals surface area contributed by atoms with Crippen molar-refractivity contribution in [2.24, 2.45) is 0 Å². The molecule has 128 valence electrons. The van der Waals surface area contributed by atoms with Crippen LogP contribution < -0.4 is 9.47 Å². The molecule has 3 rings (SSSR count). The van der Waals surface area contributed by atoms with E-state index in [1.54, 1.807) is 36.5 Å². The summed E-state index contributed by atoms with van der Waals surface area (Å²) in [7, 11) is 1.62. The van der Waals surface area contributed by atoms with Gasteiger partial charge in [-0.05, 0) is 42.0 Å². The maximum absolute atomic E-state index is 12.6. The number of methoxy groups -OCH3 is 1. The monoisotopic (exact) mass is 337 g/mol. The lowest BCUT2D eigenvalue weighted by atomic mass is 10.2. The first kappa shape index (κ1) is 16.6. The van der Waals surface area contributed by atoms with Gasteiger partial charge in [0.05, 0.1) is 19.9 Å². The number of para-hydroxylation sites is 1. The van der Waals surface area contributed by atoms with Gasteiger partial charge in [-0.15, -0.1) is 0 Å². The smallest absolute Gasteiger partial charge is 0.415 e. The third kappa shape index (κ3) is 4.64. The Hall–Kier alpha value is -3.21. The number of carbonyl (C=O) groups excluding carboxylic acids is 1.